The van der Waals surface area contributed by atoms with Crippen LogP contribution in [0.15, 0.2) is 9.95 Å². The quantitative estimate of drug-likeness (QED) is 0.613. The van der Waals surface area contributed by atoms with Crippen LogP contribution >= 0.6 is 11.8 Å². The molecule has 1 aliphatic rings. The summed E-state index contributed by atoms with van der Waals surface area (Å²) in [6.07, 6.45) is 6.10. The Morgan fingerprint density at radius 2 is 2.31 bits per heavy atom. The summed E-state index contributed by atoms with van der Waals surface area (Å²) in [6.45, 7) is 0.503. The van der Waals surface area contributed by atoms with Crippen molar-refractivity contribution in [3.63, 3.8) is 0 Å². The molecular weight excluding hydrogens is 222 g/mol. The summed E-state index contributed by atoms with van der Waals surface area (Å²) in [5.41, 5.74) is 7.32. The molecule has 16 heavy (non-hydrogen) atoms. The summed E-state index contributed by atoms with van der Waals surface area (Å²) >= 11 is 1.48. The average molecular weight is 239 g/mol. The van der Waals surface area contributed by atoms with Crippen molar-refractivity contribution >= 4 is 11.8 Å². The zero-order valence-corrected chi connectivity index (χ0v) is 10.3. The Kier molecular flexibility index (Phi) is 3.66. The van der Waals surface area contributed by atoms with Crippen LogP contribution in [-0.2, 0) is 6.42 Å². The number of rotatable bonds is 4. The van der Waals surface area contributed by atoms with Gasteiger partial charge in [-0.1, -0.05) is 18.2 Å². The van der Waals surface area contributed by atoms with Gasteiger partial charge in [0.15, 0.2) is 5.16 Å². The molecule has 0 atom stereocenters. The molecule has 1 heterocycles. The predicted octanol–water partition coefficient (Wildman–Crippen LogP) is 1.26. The highest BCUT2D eigenvalue weighted by Crippen LogP contribution is 2.36. The first-order valence-electron chi connectivity index (χ1n) is 5.63. The van der Waals surface area contributed by atoms with Gasteiger partial charge in [0, 0.05) is 11.5 Å². The van der Waals surface area contributed by atoms with Gasteiger partial charge in [-0.2, -0.15) is 0 Å². The summed E-state index contributed by atoms with van der Waals surface area (Å²) < 4.78 is 0. The number of aromatic amines is 1. The predicted molar refractivity (Wildman–Crippen MR) is 66.0 cm³/mol. The van der Waals surface area contributed by atoms with E-state index < -0.39 is 0 Å². The van der Waals surface area contributed by atoms with Gasteiger partial charge in [-0.3, -0.25) is 4.79 Å². The minimum atomic E-state index is -0.00769. The molecule has 88 valence electrons. The molecule has 0 aliphatic heterocycles. The van der Waals surface area contributed by atoms with Crippen molar-refractivity contribution in [2.24, 2.45) is 5.73 Å². The average Bonchev–Trinajstić information content (AvgIpc) is 2.20. The first-order valence-corrected chi connectivity index (χ1v) is 6.86. The number of hydrogen-bond donors (Lipinski definition) is 2. The number of hydrogen-bond acceptors (Lipinski definition) is 4. The molecule has 1 aromatic heterocycles. The molecule has 1 aromatic rings. The fourth-order valence-electron chi connectivity index (χ4n) is 2.00. The van der Waals surface area contributed by atoms with Gasteiger partial charge in [0.1, 0.15) is 0 Å². The maximum atomic E-state index is 11.9. The first-order chi connectivity index (χ1) is 7.76. The number of aromatic nitrogens is 2. The van der Waals surface area contributed by atoms with E-state index in [1.807, 2.05) is 6.26 Å². The molecule has 0 bridgehead atoms. The summed E-state index contributed by atoms with van der Waals surface area (Å²) in [4.78, 5) is 19.2. The number of nitrogens with one attached hydrogen (secondary N) is 1. The first kappa shape index (κ1) is 11.7. The van der Waals surface area contributed by atoms with E-state index in [1.165, 1.54) is 18.2 Å². The third-order valence-corrected chi connectivity index (χ3v) is 3.69. The monoisotopic (exact) mass is 239 g/mol. The summed E-state index contributed by atoms with van der Waals surface area (Å²) in [6, 6.07) is 0. The van der Waals surface area contributed by atoms with Crippen molar-refractivity contribution in [2.75, 3.05) is 12.8 Å². The Labute approximate surface area is 99.0 Å². The van der Waals surface area contributed by atoms with Crippen LogP contribution in [0.1, 0.15) is 36.4 Å². The van der Waals surface area contributed by atoms with Crippen LogP contribution in [0.3, 0.4) is 0 Å². The molecule has 4 nitrogen and oxygen atoms in total. The zero-order valence-electron chi connectivity index (χ0n) is 9.45. The Bertz CT molecular complexity index is 426. The van der Waals surface area contributed by atoms with Crippen LogP contribution in [0.2, 0.25) is 0 Å². The van der Waals surface area contributed by atoms with Crippen molar-refractivity contribution in [2.45, 2.75) is 36.8 Å². The maximum absolute atomic E-state index is 11.9. The second kappa shape index (κ2) is 5.01. The largest absolute Gasteiger partial charge is 0.330 e. The van der Waals surface area contributed by atoms with E-state index in [0.717, 1.165) is 24.1 Å². The fourth-order valence-corrected chi connectivity index (χ4v) is 2.38. The SMILES string of the molecule is CSc1nc(C2CCC2)c(CCN)c(=O)[nH]1. The van der Waals surface area contributed by atoms with Crippen molar-refractivity contribution in [1.29, 1.82) is 0 Å². The van der Waals surface area contributed by atoms with E-state index in [2.05, 4.69) is 9.97 Å². The smallest absolute Gasteiger partial charge is 0.255 e. The molecule has 0 spiro atoms. The standard InChI is InChI=1S/C11H17N3OS/c1-16-11-13-9(7-3-2-4-7)8(5-6-12)10(15)14-11/h7H,2-6,12H2,1H3,(H,13,14,15). The van der Waals surface area contributed by atoms with Gasteiger partial charge < -0.3 is 10.7 Å². The lowest BCUT2D eigenvalue weighted by Gasteiger charge is -2.26. The summed E-state index contributed by atoms with van der Waals surface area (Å²) in [5.74, 6) is 0.481. The van der Waals surface area contributed by atoms with E-state index in [1.54, 1.807) is 0 Å². The summed E-state index contributed by atoms with van der Waals surface area (Å²) in [7, 11) is 0. The molecule has 5 heteroatoms. The fraction of sp³-hybridized carbons (Fsp3) is 0.636. The van der Waals surface area contributed by atoms with Gasteiger partial charge in [-0.15, -0.1) is 0 Å². The normalized spacial score (nSPS) is 16.1. The van der Waals surface area contributed by atoms with Crippen molar-refractivity contribution in [3.8, 4) is 0 Å². The Hall–Kier alpha value is -0.810. The van der Waals surface area contributed by atoms with E-state index in [0.29, 0.717) is 24.0 Å². The van der Waals surface area contributed by atoms with Gasteiger partial charge in [0.05, 0.1) is 5.69 Å². The van der Waals surface area contributed by atoms with E-state index >= 15 is 0 Å². The maximum Gasteiger partial charge on any atom is 0.255 e. The van der Waals surface area contributed by atoms with Crippen LogP contribution in [0.5, 0.6) is 0 Å². The lowest BCUT2D eigenvalue weighted by atomic mass is 9.81. The van der Waals surface area contributed by atoms with Crippen molar-refractivity contribution in [3.05, 3.63) is 21.6 Å². The number of nitrogens with zero attached hydrogens (tertiary/aromatic N) is 1. The molecule has 3 N–H and O–H groups in total. The molecule has 1 aliphatic carbocycles. The topological polar surface area (TPSA) is 71.8 Å². The Morgan fingerprint density at radius 1 is 1.56 bits per heavy atom. The van der Waals surface area contributed by atoms with Gasteiger partial charge in [0.2, 0.25) is 0 Å². The third-order valence-electron chi connectivity index (χ3n) is 3.11. The van der Waals surface area contributed by atoms with E-state index in [9.17, 15) is 4.79 Å². The van der Waals surface area contributed by atoms with Gasteiger partial charge in [-0.05, 0) is 32.1 Å². The number of thioether (sulfide) groups is 1. The lowest BCUT2D eigenvalue weighted by molar-refractivity contribution is 0.404. The second-order valence-electron chi connectivity index (χ2n) is 4.11. The van der Waals surface area contributed by atoms with Crippen molar-refractivity contribution in [1.82, 2.24) is 9.97 Å². The third kappa shape index (κ3) is 2.15. The van der Waals surface area contributed by atoms with Crippen LogP contribution < -0.4 is 11.3 Å². The van der Waals surface area contributed by atoms with Crippen LogP contribution in [-0.4, -0.2) is 22.8 Å². The second-order valence-corrected chi connectivity index (χ2v) is 4.90. The molecule has 0 amide bonds. The molecule has 0 unspecified atom stereocenters. The van der Waals surface area contributed by atoms with Crippen LogP contribution in [0.4, 0.5) is 0 Å². The molecule has 0 radical (unpaired) electrons. The lowest BCUT2D eigenvalue weighted by Crippen LogP contribution is -2.25. The minimum absolute atomic E-state index is 0.00769. The molecule has 0 saturated heterocycles. The van der Waals surface area contributed by atoms with E-state index in [4.69, 9.17) is 5.73 Å². The minimum Gasteiger partial charge on any atom is -0.330 e. The highest BCUT2D eigenvalue weighted by atomic mass is 32.2. The van der Waals surface area contributed by atoms with Gasteiger partial charge >= 0.3 is 0 Å². The number of H-pyrrole nitrogens is 1. The zero-order chi connectivity index (χ0) is 11.5. The van der Waals surface area contributed by atoms with Crippen molar-refractivity contribution < 1.29 is 0 Å². The molecule has 1 fully saturated rings. The van der Waals surface area contributed by atoms with Gasteiger partial charge in [0.25, 0.3) is 5.56 Å². The molecular formula is C11H17N3OS. The van der Waals surface area contributed by atoms with Gasteiger partial charge in [-0.25, -0.2) is 4.98 Å². The highest BCUT2D eigenvalue weighted by Gasteiger charge is 2.25. The Morgan fingerprint density at radius 3 is 2.81 bits per heavy atom. The van der Waals surface area contributed by atoms with E-state index in [-0.39, 0.29) is 5.56 Å². The highest BCUT2D eigenvalue weighted by molar-refractivity contribution is 7.98. The molecule has 0 aromatic carbocycles. The summed E-state index contributed by atoms with van der Waals surface area (Å²) in [5, 5.41) is 0.715. The van der Waals surface area contributed by atoms with Crippen LogP contribution in [0.25, 0.3) is 0 Å². The van der Waals surface area contributed by atoms with Crippen LogP contribution in [0, 0.1) is 0 Å². The Balaban J connectivity index is 2.43. The number of nitrogens with two attached hydrogens (primary N) is 1. The molecule has 2 rings (SSSR count). The molecule has 1 saturated carbocycles.